The highest BCUT2D eigenvalue weighted by Crippen LogP contribution is 2.39. The Bertz CT molecular complexity index is 802. The molecule has 0 bridgehead atoms. The molecule has 0 spiro atoms. The van der Waals surface area contributed by atoms with Crippen molar-refractivity contribution >= 4 is 45.4 Å². The fourth-order valence-electron chi connectivity index (χ4n) is 1.95. The topological polar surface area (TPSA) is 65.4 Å². The molecule has 2 heterocycles. The Hall–Kier alpha value is -1.74. The van der Waals surface area contributed by atoms with Gasteiger partial charge in [0.25, 0.3) is 0 Å². The van der Waals surface area contributed by atoms with Gasteiger partial charge in [0.15, 0.2) is 5.69 Å². The average Bonchev–Trinajstić information content (AvgIpc) is 2.99. The molecule has 7 heteroatoms. The summed E-state index contributed by atoms with van der Waals surface area (Å²) in [6, 6.07) is 7.58. The van der Waals surface area contributed by atoms with Gasteiger partial charge in [-0.15, -0.1) is 5.10 Å². The minimum Gasteiger partial charge on any atom is -0.196 e. The quantitative estimate of drug-likeness (QED) is 0.877. The van der Waals surface area contributed by atoms with Crippen molar-refractivity contribution in [3.8, 4) is 6.07 Å². The highest BCUT2D eigenvalue weighted by molar-refractivity contribution is 8.11. The molecule has 1 aromatic heterocycles. The van der Waals surface area contributed by atoms with Crippen molar-refractivity contribution in [3.05, 3.63) is 56.7 Å². The summed E-state index contributed by atoms with van der Waals surface area (Å²) in [5, 5.41) is 22.3. The molecular formula is C14H8Cl2N4S. The highest BCUT2D eigenvalue weighted by atomic mass is 35.5. The summed E-state index contributed by atoms with van der Waals surface area (Å²) >= 11 is 13.5. The van der Waals surface area contributed by atoms with Crippen molar-refractivity contribution in [2.24, 2.45) is 0 Å². The molecule has 1 N–H and O–H groups in total. The van der Waals surface area contributed by atoms with Crippen LogP contribution in [-0.2, 0) is 0 Å². The van der Waals surface area contributed by atoms with Crippen molar-refractivity contribution in [1.82, 2.24) is 15.4 Å². The Labute approximate surface area is 135 Å². The van der Waals surface area contributed by atoms with Gasteiger partial charge in [0.1, 0.15) is 11.8 Å². The normalized spacial score (nSPS) is 14.3. The van der Waals surface area contributed by atoms with Crippen LogP contribution in [0.25, 0.3) is 10.5 Å². The van der Waals surface area contributed by atoms with Crippen molar-refractivity contribution in [3.63, 3.8) is 0 Å². The first-order chi connectivity index (χ1) is 10.2. The summed E-state index contributed by atoms with van der Waals surface area (Å²) in [6.45, 7) is 0. The molecular weight excluding hydrogens is 327 g/mol. The van der Waals surface area contributed by atoms with E-state index >= 15 is 0 Å². The minimum absolute atomic E-state index is 0.313. The van der Waals surface area contributed by atoms with Crippen LogP contribution in [0.3, 0.4) is 0 Å². The van der Waals surface area contributed by atoms with Crippen LogP contribution in [0, 0.1) is 11.3 Å². The fourth-order valence-corrected chi connectivity index (χ4v) is 3.17. The van der Waals surface area contributed by atoms with Gasteiger partial charge >= 0.3 is 0 Å². The fraction of sp³-hybridized carbons (Fsp3) is 0.0714. The van der Waals surface area contributed by atoms with Crippen LogP contribution in [0.15, 0.2) is 29.7 Å². The van der Waals surface area contributed by atoms with Gasteiger partial charge in [-0.3, -0.25) is 0 Å². The molecule has 3 rings (SSSR count). The van der Waals surface area contributed by atoms with Gasteiger partial charge in [0.05, 0.1) is 10.0 Å². The second kappa shape index (κ2) is 5.94. The lowest BCUT2D eigenvalue weighted by molar-refractivity contribution is 0.931. The molecule has 0 atom stereocenters. The predicted octanol–water partition coefficient (Wildman–Crippen LogP) is 4.50. The summed E-state index contributed by atoms with van der Waals surface area (Å²) in [4.78, 5) is 1.10. The van der Waals surface area contributed by atoms with E-state index in [4.69, 9.17) is 28.5 Å². The number of H-pyrrole nitrogens is 1. The summed E-state index contributed by atoms with van der Waals surface area (Å²) in [6.07, 6.45) is 2.76. The number of nitrogens with one attached hydrogen (secondary N) is 1. The monoisotopic (exact) mass is 334 g/mol. The van der Waals surface area contributed by atoms with Crippen molar-refractivity contribution in [2.75, 3.05) is 0 Å². The lowest BCUT2D eigenvalue weighted by Crippen LogP contribution is -1.92. The molecule has 104 valence electrons. The van der Waals surface area contributed by atoms with Gasteiger partial charge in [0, 0.05) is 4.91 Å². The maximum atomic E-state index is 8.98. The van der Waals surface area contributed by atoms with Crippen molar-refractivity contribution in [1.29, 1.82) is 5.26 Å². The molecule has 0 amide bonds. The lowest BCUT2D eigenvalue weighted by Gasteiger charge is -2.13. The van der Waals surface area contributed by atoms with E-state index in [0.29, 0.717) is 27.9 Å². The third-order valence-corrected chi connectivity index (χ3v) is 4.80. The van der Waals surface area contributed by atoms with Gasteiger partial charge in [-0.1, -0.05) is 47.1 Å². The number of thioether (sulfide) groups is 1. The van der Waals surface area contributed by atoms with Crippen LogP contribution >= 0.6 is 35.0 Å². The molecule has 1 aliphatic heterocycles. The zero-order valence-electron chi connectivity index (χ0n) is 10.6. The number of nitrogens with zero attached hydrogens (tertiary/aromatic N) is 3. The first-order valence-electron chi connectivity index (χ1n) is 6.01. The van der Waals surface area contributed by atoms with Crippen LogP contribution in [0.1, 0.15) is 23.4 Å². The molecule has 0 unspecified atom stereocenters. The number of hydrogen-bond acceptors (Lipinski definition) is 4. The molecule has 21 heavy (non-hydrogen) atoms. The number of aromatic nitrogens is 3. The standard InChI is InChI=1S/C14H8Cl2N4S/c15-10-3-1-8(5-11(10)16)13-4-2-9(7-21-13)14-12(6-17)18-20-19-14/h1,3-5,7H,2H2,(H,18,19,20). The molecule has 1 aromatic carbocycles. The Kier molecular flexibility index (Phi) is 4.02. The molecule has 0 radical (unpaired) electrons. The molecule has 4 nitrogen and oxygen atoms in total. The Morgan fingerprint density at radius 3 is 2.76 bits per heavy atom. The first kappa shape index (κ1) is 14.2. The van der Waals surface area contributed by atoms with Gasteiger partial charge in [0.2, 0.25) is 0 Å². The van der Waals surface area contributed by atoms with Crippen LogP contribution in [-0.4, -0.2) is 15.4 Å². The van der Waals surface area contributed by atoms with Gasteiger partial charge in [-0.05, 0) is 35.1 Å². The van der Waals surface area contributed by atoms with E-state index in [1.54, 1.807) is 17.8 Å². The molecule has 0 saturated carbocycles. The summed E-state index contributed by atoms with van der Waals surface area (Å²) in [7, 11) is 0. The van der Waals surface area contributed by atoms with Crippen LogP contribution in [0.4, 0.5) is 0 Å². The van der Waals surface area contributed by atoms with Gasteiger partial charge in [-0.25, -0.2) is 0 Å². The molecule has 0 fully saturated rings. The number of halogens is 2. The number of allylic oxidation sites excluding steroid dienone is 2. The zero-order valence-corrected chi connectivity index (χ0v) is 12.9. The average molecular weight is 335 g/mol. The number of aromatic amines is 1. The smallest absolute Gasteiger partial charge is 0.190 e. The Balaban J connectivity index is 1.83. The second-order valence-electron chi connectivity index (χ2n) is 4.29. The van der Waals surface area contributed by atoms with E-state index in [9.17, 15) is 0 Å². The second-order valence-corrected chi connectivity index (χ2v) is 6.02. The van der Waals surface area contributed by atoms with E-state index in [1.165, 1.54) is 0 Å². The van der Waals surface area contributed by atoms with Crippen LogP contribution in [0.2, 0.25) is 10.0 Å². The number of benzene rings is 1. The highest BCUT2D eigenvalue weighted by Gasteiger charge is 2.16. The van der Waals surface area contributed by atoms with E-state index < -0.39 is 0 Å². The molecule has 2 aromatic rings. The first-order valence-corrected chi connectivity index (χ1v) is 7.65. The lowest BCUT2D eigenvalue weighted by atomic mass is 10.1. The third kappa shape index (κ3) is 2.84. The molecule has 0 saturated heterocycles. The van der Waals surface area contributed by atoms with Crippen LogP contribution in [0.5, 0.6) is 0 Å². The van der Waals surface area contributed by atoms with Gasteiger partial charge < -0.3 is 0 Å². The summed E-state index contributed by atoms with van der Waals surface area (Å²) in [5.74, 6) is 0. The minimum atomic E-state index is 0.313. The Morgan fingerprint density at radius 2 is 2.10 bits per heavy atom. The maximum absolute atomic E-state index is 8.98. The number of rotatable bonds is 2. The van der Waals surface area contributed by atoms with Crippen molar-refractivity contribution < 1.29 is 0 Å². The maximum Gasteiger partial charge on any atom is 0.190 e. The van der Waals surface area contributed by atoms with E-state index in [2.05, 4.69) is 21.5 Å². The van der Waals surface area contributed by atoms with Crippen LogP contribution < -0.4 is 0 Å². The SMILES string of the molecule is N#Cc1n[nH]nc1C1=CSC(c2ccc(Cl)c(Cl)c2)=CC1. The summed E-state index contributed by atoms with van der Waals surface area (Å²) in [5.41, 5.74) is 2.90. The summed E-state index contributed by atoms with van der Waals surface area (Å²) < 4.78 is 0. The molecule has 0 aliphatic carbocycles. The largest absolute Gasteiger partial charge is 0.196 e. The van der Waals surface area contributed by atoms with Gasteiger partial charge in [-0.2, -0.15) is 15.6 Å². The van der Waals surface area contributed by atoms with Crippen molar-refractivity contribution in [2.45, 2.75) is 6.42 Å². The van der Waals surface area contributed by atoms with E-state index in [0.717, 1.165) is 16.0 Å². The zero-order chi connectivity index (χ0) is 14.8. The number of hydrogen-bond donors (Lipinski definition) is 1. The van der Waals surface area contributed by atoms with E-state index in [-0.39, 0.29) is 0 Å². The number of nitriles is 1. The predicted molar refractivity (Wildman–Crippen MR) is 85.7 cm³/mol. The van der Waals surface area contributed by atoms with E-state index in [1.807, 2.05) is 23.6 Å². The molecule has 1 aliphatic rings. The third-order valence-electron chi connectivity index (χ3n) is 3.00. The Morgan fingerprint density at radius 1 is 1.24 bits per heavy atom.